The molecule has 0 N–H and O–H groups in total. The second kappa shape index (κ2) is 42.9. The Morgan fingerprint density at radius 2 is 0.789 bits per heavy atom. The van der Waals surface area contributed by atoms with Crippen LogP contribution in [-0.2, 0) is 68.7 Å². The molecule has 3 spiro atoms. The van der Waals surface area contributed by atoms with Crippen LogP contribution in [0.3, 0.4) is 0 Å². The van der Waals surface area contributed by atoms with E-state index >= 15 is 0 Å². The lowest BCUT2D eigenvalue weighted by Gasteiger charge is -2.47. The van der Waals surface area contributed by atoms with E-state index in [4.69, 9.17) is 75.3 Å². The topological polar surface area (TPSA) is 252 Å². The van der Waals surface area contributed by atoms with Crippen molar-refractivity contribution >= 4 is 91.0 Å². The number of benzene rings is 7. The van der Waals surface area contributed by atoms with Crippen LogP contribution in [0.2, 0.25) is 10.0 Å². The summed E-state index contributed by atoms with van der Waals surface area (Å²) < 4.78 is 78.1. The fourth-order valence-electron chi connectivity index (χ4n) is 17.1. The van der Waals surface area contributed by atoms with Crippen molar-refractivity contribution in [3.63, 3.8) is 0 Å². The van der Waals surface area contributed by atoms with Crippen molar-refractivity contribution < 1.29 is 85.3 Å². The van der Waals surface area contributed by atoms with Gasteiger partial charge in [0.15, 0.2) is 23.0 Å². The quantitative estimate of drug-likeness (QED) is 0.0340. The van der Waals surface area contributed by atoms with E-state index in [0.29, 0.717) is 183 Å². The van der Waals surface area contributed by atoms with Crippen molar-refractivity contribution in [1.82, 2.24) is 29.7 Å². The third-order valence-electron chi connectivity index (χ3n) is 24.8. The number of amides is 3. The number of hydrogen-bond donors (Lipinski definition) is 0. The van der Waals surface area contributed by atoms with Gasteiger partial charge in [-0.05, 0) is 184 Å². The van der Waals surface area contributed by atoms with E-state index in [1.165, 1.54) is 6.07 Å². The molecule has 6 aliphatic rings. The lowest BCUT2D eigenvalue weighted by atomic mass is 9.77. The van der Waals surface area contributed by atoms with Crippen molar-refractivity contribution in [3.8, 4) is 63.2 Å². The average molecular weight is 1790 g/mol. The van der Waals surface area contributed by atoms with Crippen LogP contribution in [0.15, 0.2) is 152 Å². The zero-order valence-electron chi connectivity index (χ0n) is 74.5. The molecule has 16 rings (SSSR count). The van der Waals surface area contributed by atoms with Crippen LogP contribution in [0.4, 0.5) is 4.39 Å². The molecule has 0 radical (unpaired) electrons. The van der Waals surface area contributed by atoms with E-state index in [9.17, 15) is 33.2 Å². The lowest BCUT2D eigenvalue weighted by molar-refractivity contribution is -0.153. The van der Waals surface area contributed by atoms with Gasteiger partial charge in [-0.3, -0.25) is 43.7 Å². The van der Waals surface area contributed by atoms with Gasteiger partial charge in [-0.15, -0.1) is 0 Å². The maximum atomic E-state index is 14.1. The summed E-state index contributed by atoms with van der Waals surface area (Å²) in [6.45, 7) is 22.9. The van der Waals surface area contributed by atoms with E-state index in [1.54, 1.807) is 75.3 Å². The van der Waals surface area contributed by atoms with Crippen LogP contribution in [0, 0.1) is 47.7 Å². The Morgan fingerprint density at radius 3 is 1.20 bits per heavy atom. The summed E-state index contributed by atoms with van der Waals surface area (Å²) in [5.41, 5.74) is 7.74. The maximum absolute atomic E-state index is 14.1. The Hall–Kier alpha value is -11.0. The van der Waals surface area contributed by atoms with Gasteiger partial charge < -0.3 is 66.8 Å². The number of carbonyl (C=O) groups excluding carboxylic acids is 6. The molecule has 676 valence electrons. The van der Waals surface area contributed by atoms with Crippen LogP contribution in [0.5, 0.6) is 63.2 Å². The molecule has 0 unspecified atom stereocenters. The van der Waals surface area contributed by atoms with Crippen LogP contribution >= 0.6 is 23.2 Å². The highest BCUT2D eigenvalue weighted by Crippen LogP contribution is 2.45. The summed E-state index contributed by atoms with van der Waals surface area (Å²) in [5, 5.41) is 3.33. The standard InChI is InChI=1S/C37H39FN2O5.C33H39ClN2O6.C32H37ClN2O6/c1-25-5-10-32(38)28(18-25)21-29(41)20-27-6-8-30(9-7-27)45-34-11-14-39-33-22-35(26(2)19-31(33)34)44-17-3-4-36(42)40-15-12-37(13-16-40)23-43-24-37;1-22(2)15-24(37)16-23-6-7-25(17-27(23)34)42-29-8-11-35-28-19-31(30(39-3)18-26(28)29)41-14-4-5-32(38)36-12-9-33(10-13-36)20-40-21-33;1-21(2)14-23(36)15-22-4-5-24(16-26(22)33)41-28-6-10-34-27-18-30(29(38-3)17-25(27)28)40-13-7-31(37)35-11-8-32(9-12-35)19-39-20-32/h5-11,14,18-19,22H,3-4,12-13,15-17,20-21,23-24H2,1-2H3;6-8,11,17-19,22H,4-5,9-10,12-16,20-21H2,1-3H3;4-6,10,16-18,21H,7-9,11-15,19-20H2,1-3H3. The van der Waals surface area contributed by atoms with Crippen molar-refractivity contribution in [2.45, 2.75) is 151 Å². The fraction of sp³-hybridized carbons (Fsp3) is 0.441. The molecule has 0 saturated carbocycles. The van der Waals surface area contributed by atoms with Gasteiger partial charge in [0.2, 0.25) is 17.7 Å². The molecule has 7 aromatic carbocycles. The summed E-state index contributed by atoms with van der Waals surface area (Å²) in [7, 11) is 3.16. The molecule has 3 amide bonds. The molecule has 9 heterocycles. The van der Waals surface area contributed by atoms with Gasteiger partial charge >= 0.3 is 0 Å². The summed E-state index contributed by atoms with van der Waals surface area (Å²) in [6, 6.07) is 39.5. The highest BCUT2D eigenvalue weighted by molar-refractivity contribution is 6.32. The van der Waals surface area contributed by atoms with E-state index in [1.807, 2.05) is 141 Å². The van der Waals surface area contributed by atoms with Crippen LogP contribution < -0.4 is 37.9 Å². The molecular weight excluding hydrogens is 1670 g/mol. The summed E-state index contributed by atoms with van der Waals surface area (Å²) in [4.78, 5) is 94.7. The number of rotatable bonds is 34. The van der Waals surface area contributed by atoms with Gasteiger partial charge in [-0.1, -0.05) is 92.9 Å². The molecule has 6 saturated heterocycles. The maximum Gasteiger partial charge on any atom is 0.225 e. The number of likely N-dealkylation sites (tertiary alicyclic amines) is 3. The highest BCUT2D eigenvalue weighted by atomic mass is 35.5. The van der Waals surface area contributed by atoms with Crippen LogP contribution in [0.25, 0.3) is 32.7 Å². The number of methoxy groups -OCH3 is 2. The van der Waals surface area contributed by atoms with E-state index < -0.39 is 0 Å². The number of nitrogens with zero attached hydrogens (tertiary/aromatic N) is 6. The average Bonchev–Trinajstić information content (AvgIpc) is 0.801. The number of ketones is 3. The first-order valence-electron chi connectivity index (χ1n) is 44.5. The van der Waals surface area contributed by atoms with Crippen LogP contribution in [0.1, 0.15) is 145 Å². The third kappa shape index (κ3) is 24.3. The first-order valence-corrected chi connectivity index (χ1v) is 45.3. The molecule has 3 aromatic heterocycles. The second-order valence-electron chi connectivity index (χ2n) is 35.8. The lowest BCUT2D eigenvalue weighted by Crippen LogP contribution is -2.52. The monoisotopic (exact) mass is 1780 g/mol. The van der Waals surface area contributed by atoms with Crippen LogP contribution in [-0.4, -0.2) is 178 Å². The number of ether oxygens (including phenoxy) is 11. The molecule has 23 nitrogen and oxygen atoms in total. The van der Waals surface area contributed by atoms with E-state index in [0.717, 1.165) is 173 Å². The first-order chi connectivity index (χ1) is 61.8. The zero-order valence-corrected chi connectivity index (χ0v) is 76.0. The Bertz CT molecular complexity index is 5610. The Labute approximate surface area is 757 Å². The number of piperidine rings is 3. The minimum atomic E-state index is -0.353. The van der Waals surface area contributed by atoms with Gasteiger partial charge in [0, 0.05) is 170 Å². The predicted molar refractivity (Wildman–Crippen MR) is 489 cm³/mol. The molecule has 0 bridgehead atoms. The van der Waals surface area contributed by atoms with Gasteiger partial charge in [-0.2, -0.15) is 0 Å². The minimum absolute atomic E-state index is 0.0481. The Morgan fingerprint density at radius 1 is 0.406 bits per heavy atom. The third-order valence-corrected chi connectivity index (χ3v) is 25.5. The Balaban J connectivity index is 0.000000156. The second-order valence-corrected chi connectivity index (χ2v) is 36.6. The molecule has 6 aliphatic heterocycles. The number of halogens is 3. The van der Waals surface area contributed by atoms with Gasteiger partial charge in [0.1, 0.15) is 63.4 Å². The van der Waals surface area contributed by atoms with Crippen molar-refractivity contribution in [1.29, 1.82) is 0 Å². The smallest absolute Gasteiger partial charge is 0.225 e. The van der Waals surface area contributed by atoms with E-state index in [-0.39, 0.29) is 60.3 Å². The number of pyridine rings is 3. The predicted octanol–water partition coefficient (Wildman–Crippen LogP) is 19.8. The SMILES string of the molecule is COc1cc2c(Oc3ccc(CC(=O)CC(C)C)c(Cl)c3)ccnc2cc1OCCC(=O)N1CCC2(CC1)COC2.COc1cc2c(Oc3ccc(CC(=O)CC(C)C)c(Cl)c3)ccnc2cc1OCCCC(=O)N1CCC2(CC1)COC2.Cc1ccc(F)c(CC(=O)Cc2ccc(Oc3ccnc4cc(OCCCC(=O)N5CCC6(CC5)COC6)c(C)cc34)cc2)c1. The molecule has 0 aliphatic carbocycles. The number of aryl methyl sites for hydroxylation is 2. The summed E-state index contributed by atoms with van der Waals surface area (Å²) >= 11 is 13.0. The summed E-state index contributed by atoms with van der Waals surface area (Å²) in [5.74, 6) is 7.48. The largest absolute Gasteiger partial charge is 0.493 e. The number of fused-ring (bicyclic) bond motifs is 3. The number of aromatic nitrogens is 3. The van der Waals surface area contributed by atoms with Gasteiger partial charge in [0.25, 0.3) is 0 Å². The van der Waals surface area contributed by atoms with Gasteiger partial charge in [-0.25, -0.2) is 4.39 Å². The number of hydrogen-bond acceptors (Lipinski definition) is 20. The molecule has 6 fully saturated rings. The van der Waals surface area contributed by atoms with E-state index in [2.05, 4.69) is 15.0 Å². The van der Waals surface area contributed by atoms with Crippen molar-refractivity contribution in [2.75, 3.05) is 113 Å². The van der Waals surface area contributed by atoms with Crippen molar-refractivity contribution in [3.05, 3.63) is 201 Å². The molecule has 128 heavy (non-hydrogen) atoms. The normalized spacial score (nSPS) is 15.9. The molecule has 26 heteroatoms. The minimum Gasteiger partial charge on any atom is -0.493 e. The van der Waals surface area contributed by atoms with Crippen molar-refractivity contribution in [2.24, 2.45) is 28.1 Å². The number of carbonyl (C=O) groups is 6. The number of Topliss-reactive ketones (excluding diaryl/α,β-unsaturated/α-hetero) is 3. The van der Waals surface area contributed by atoms with Gasteiger partial charge in [0.05, 0.1) is 96.7 Å². The highest BCUT2D eigenvalue weighted by Gasteiger charge is 2.44. The first kappa shape index (κ1) is 93.1. The fourth-order valence-corrected chi connectivity index (χ4v) is 17.6. The molecular formula is C102H115Cl2FN6O17. The molecule has 0 atom stereocenters. The Kier molecular flexibility index (Phi) is 31.2. The summed E-state index contributed by atoms with van der Waals surface area (Å²) in [6.07, 6.45) is 15.6. The molecule has 10 aromatic rings. The zero-order chi connectivity index (χ0) is 90.1.